The van der Waals surface area contributed by atoms with Gasteiger partial charge in [0.2, 0.25) is 10.0 Å². The molecule has 1 heterocycles. The molecule has 4 rings (SSSR count). The third kappa shape index (κ3) is 6.42. The molecule has 2 aromatic carbocycles. The van der Waals surface area contributed by atoms with Crippen molar-refractivity contribution in [3.63, 3.8) is 0 Å². The van der Waals surface area contributed by atoms with Gasteiger partial charge in [-0.25, -0.2) is 12.8 Å². The zero-order valence-electron chi connectivity index (χ0n) is 21.5. The lowest BCUT2D eigenvalue weighted by molar-refractivity contribution is -0.138. The molecule has 9 nitrogen and oxygen atoms in total. The van der Waals surface area contributed by atoms with Gasteiger partial charge in [0.1, 0.15) is 5.82 Å². The van der Waals surface area contributed by atoms with E-state index in [2.05, 4.69) is 5.32 Å². The topological polar surface area (TPSA) is 124 Å². The number of amides is 2. The molecule has 1 aliphatic carbocycles. The van der Waals surface area contributed by atoms with Crippen LogP contribution in [-0.2, 0) is 19.6 Å². The highest BCUT2D eigenvalue weighted by Crippen LogP contribution is 2.31. The highest BCUT2D eigenvalue weighted by atomic mass is 35.5. The first-order valence-electron chi connectivity index (χ1n) is 12.9. The number of sulfonamides is 1. The Labute approximate surface area is 232 Å². The fraction of sp³-hybridized carbons (Fsp3) is 0.444. The number of carbonyl (C=O) groups is 3. The summed E-state index contributed by atoms with van der Waals surface area (Å²) in [6, 6.07) is 8.86. The maximum Gasteiger partial charge on any atom is 0.305 e. The zero-order valence-corrected chi connectivity index (χ0v) is 23.0. The number of hydrogen-bond acceptors (Lipinski definition) is 5. The summed E-state index contributed by atoms with van der Waals surface area (Å²) >= 11 is 5.84. The zero-order chi connectivity index (χ0) is 28.3. The van der Waals surface area contributed by atoms with Crippen molar-refractivity contribution in [1.29, 1.82) is 0 Å². The Bertz CT molecular complexity index is 1350. The molecule has 12 heteroatoms. The third-order valence-electron chi connectivity index (χ3n) is 7.36. The maximum atomic E-state index is 13.8. The molecule has 2 unspecified atom stereocenters. The number of aryl methyl sites for hydroxylation is 1. The minimum absolute atomic E-state index is 0.0774. The van der Waals surface area contributed by atoms with Crippen molar-refractivity contribution in [2.24, 2.45) is 5.92 Å². The molecule has 1 saturated heterocycles. The van der Waals surface area contributed by atoms with Crippen molar-refractivity contribution < 1.29 is 32.3 Å². The first-order chi connectivity index (χ1) is 18.5. The number of carboxylic acids is 1. The van der Waals surface area contributed by atoms with E-state index in [0.717, 1.165) is 60.2 Å². The fourth-order valence-electron chi connectivity index (χ4n) is 5.30. The van der Waals surface area contributed by atoms with E-state index in [1.807, 2.05) is 6.92 Å². The van der Waals surface area contributed by atoms with Crippen molar-refractivity contribution >= 4 is 39.4 Å². The Kier molecular flexibility index (Phi) is 8.93. The molecule has 2 aliphatic rings. The number of carbonyl (C=O) groups excluding carboxylic acids is 2. The quantitative estimate of drug-likeness (QED) is 0.490. The van der Waals surface area contributed by atoms with Crippen LogP contribution in [0, 0.1) is 18.7 Å². The lowest BCUT2D eigenvalue weighted by atomic mass is 9.82. The average Bonchev–Trinajstić information content (AvgIpc) is 3.36. The molecule has 39 heavy (non-hydrogen) atoms. The lowest BCUT2D eigenvalue weighted by Crippen LogP contribution is -2.56. The predicted octanol–water partition coefficient (Wildman–Crippen LogP) is 3.80. The molecular weight excluding hydrogens is 549 g/mol. The van der Waals surface area contributed by atoms with Gasteiger partial charge in [-0.05, 0) is 56.0 Å². The van der Waals surface area contributed by atoms with E-state index >= 15 is 0 Å². The summed E-state index contributed by atoms with van der Waals surface area (Å²) in [6.45, 7) is 1.59. The van der Waals surface area contributed by atoms with E-state index < -0.39 is 50.9 Å². The van der Waals surface area contributed by atoms with Crippen LogP contribution in [0.3, 0.4) is 0 Å². The van der Waals surface area contributed by atoms with Crippen LogP contribution in [0.2, 0.25) is 5.02 Å². The van der Waals surface area contributed by atoms with Crippen molar-refractivity contribution in [2.75, 3.05) is 13.1 Å². The van der Waals surface area contributed by atoms with Gasteiger partial charge in [-0.3, -0.25) is 14.4 Å². The van der Waals surface area contributed by atoms with E-state index in [1.165, 1.54) is 4.90 Å². The number of aliphatic carboxylic acids is 1. The van der Waals surface area contributed by atoms with Crippen molar-refractivity contribution in [3.05, 3.63) is 64.4 Å². The number of nitrogens with one attached hydrogen (secondary N) is 1. The summed E-state index contributed by atoms with van der Waals surface area (Å²) in [7, 11) is -4.40. The fourth-order valence-corrected chi connectivity index (χ4v) is 7.11. The second kappa shape index (κ2) is 12.0. The van der Waals surface area contributed by atoms with Crippen molar-refractivity contribution in [3.8, 4) is 0 Å². The molecule has 0 spiro atoms. The molecule has 2 N–H and O–H groups in total. The second-order valence-corrected chi connectivity index (χ2v) is 12.3. The Morgan fingerprint density at radius 2 is 1.74 bits per heavy atom. The molecule has 0 bridgehead atoms. The molecule has 2 atom stereocenters. The Morgan fingerprint density at radius 3 is 2.36 bits per heavy atom. The molecule has 2 aromatic rings. The van der Waals surface area contributed by atoms with Gasteiger partial charge in [0.05, 0.1) is 16.3 Å². The molecule has 1 aliphatic heterocycles. The number of benzene rings is 2. The number of nitrogens with zero attached hydrogens (tertiary/aromatic N) is 2. The highest BCUT2D eigenvalue weighted by molar-refractivity contribution is 7.89. The minimum atomic E-state index is -4.40. The Balaban J connectivity index is 1.70. The SMILES string of the molecule is Cc1ccc(C(=O)N2CCN(S(=O)(=O)c3ccc(F)c(Cl)c3)C2C(=O)NC(CC(=O)O)C2CCCCC2)cc1. The minimum Gasteiger partial charge on any atom is -0.481 e. The monoisotopic (exact) mass is 579 g/mol. The summed E-state index contributed by atoms with van der Waals surface area (Å²) in [6.07, 6.45) is 2.42. The van der Waals surface area contributed by atoms with Gasteiger partial charge in [0.15, 0.2) is 6.17 Å². The van der Waals surface area contributed by atoms with Gasteiger partial charge in [0.25, 0.3) is 11.8 Å². The number of halogens is 2. The van der Waals surface area contributed by atoms with Gasteiger partial charge >= 0.3 is 5.97 Å². The lowest BCUT2D eigenvalue weighted by Gasteiger charge is -2.34. The van der Waals surface area contributed by atoms with E-state index in [1.54, 1.807) is 24.3 Å². The van der Waals surface area contributed by atoms with E-state index in [4.69, 9.17) is 11.6 Å². The van der Waals surface area contributed by atoms with Crippen molar-refractivity contribution in [1.82, 2.24) is 14.5 Å². The summed E-state index contributed by atoms with van der Waals surface area (Å²) in [5.41, 5.74) is 1.19. The highest BCUT2D eigenvalue weighted by Gasteiger charge is 2.47. The third-order valence-corrected chi connectivity index (χ3v) is 9.50. The molecule has 2 fully saturated rings. The largest absolute Gasteiger partial charge is 0.481 e. The predicted molar refractivity (Wildman–Crippen MR) is 142 cm³/mol. The molecule has 1 saturated carbocycles. The normalized spacial score (nSPS) is 19.6. The Morgan fingerprint density at radius 1 is 1.08 bits per heavy atom. The molecule has 0 aromatic heterocycles. The number of carboxylic acid groups (broad SMARTS) is 1. The summed E-state index contributed by atoms with van der Waals surface area (Å²) in [5, 5.41) is 11.9. The number of hydrogen-bond donors (Lipinski definition) is 2. The van der Waals surface area contributed by atoms with Crippen LogP contribution in [0.25, 0.3) is 0 Å². The maximum absolute atomic E-state index is 13.8. The van der Waals surface area contributed by atoms with E-state index in [0.29, 0.717) is 0 Å². The van der Waals surface area contributed by atoms with Crippen LogP contribution in [0.4, 0.5) is 4.39 Å². The smallest absolute Gasteiger partial charge is 0.305 e. The van der Waals surface area contributed by atoms with Crippen LogP contribution in [-0.4, -0.2) is 65.8 Å². The van der Waals surface area contributed by atoms with E-state index in [9.17, 15) is 32.3 Å². The van der Waals surface area contributed by atoms with Gasteiger partial charge < -0.3 is 15.3 Å². The number of rotatable bonds is 8. The van der Waals surface area contributed by atoms with Gasteiger partial charge in [-0.2, -0.15) is 4.31 Å². The van der Waals surface area contributed by atoms with Crippen molar-refractivity contribution in [2.45, 2.75) is 62.6 Å². The summed E-state index contributed by atoms with van der Waals surface area (Å²) < 4.78 is 42.0. The Hall–Kier alpha value is -3.02. The average molecular weight is 580 g/mol. The summed E-state index contributed by atoms with van der Waals surface area (Å²) in [5.74, 6) is -3.30. The van der Waals surface area contributed by atoms with E-state index in [-0.39, 0.29) is 35.9 Å². The van der Waals surface area contributed by atoms with Crippen LogP contribution in [0.5, 0.6) is 0 Å². The molecule has 210 valence electrons. The van der Waals surface area contributed by atoms with Crippen LogP contribution in [0.15, 0.2) is 47.4 Å². The first kappa shape index (κ1) is 29.0. The first-order valence-corrected chi connectivity index (χ1v) is 14.7. The van der Waals surface area contributed by atoms with Crippen LogP contribution >= 0.6 is 11.6 Å². The van der Waals surface area contributed by atoms with Gasteiger partial charge in [-0.15, -0.1) is 0 Å². The molecular formula is C27H31ClFN3O6S. The van der Waals surface area contributed by atoms with Crippen LogP contribution < -0.4 is 5.32 Å². The molecule has 2 amide bonds. The van der Waals surface area contributed by atoms with Gasteiger partial charge in [-0.1, -0.05) is 48.6 Å². The second-order valence-electron chi connectivity index (χ2n) is 10.0. The summed E-state index contributed by atoms with van der Waals surface area (Å²) in [4.78, 5) is 39.8. The molecule has 0 radical (unpaired) electrons. The van der Waals surface area contributed by atoms with Crippen LogP contribution in [0.1, 0.15) is 54.4 Å². The van der Waals surface area contributed by atoms with Gasteiger partial charge in [0, 0.05) is 24.7 Å². The standard InChI is InChI=1S/C27H31ClFN3O6S/c1-17-7-9-19(10-8-17)27(36)31-13-14-32(39(37,38)20-11-12-22(29)21(28)15-20)26(31)25(35)30-23(16-24(33)34)18-5-3-2-4-6-18/h7-12,15,18,23,26H,2-6,13-14,16H2,1H3,(H,30,35)(H,33,34).